The molecule has 0 saturated carbocycles. The minimum Gasteiger partial charge on any atom is -0.508 e. The van der Waals surface area contributed by atoms with Gasteiger partial charge in [-0.25, -0.2) is 0 Å². The number of hydrogen-bond donors (Lipinski definition) is 2. The van der Waals surface area contributed by atoms with Crippen LogP contribution in [0.25, 0.3) is 0 Å². The molecule has 0 aliphatic heterocycles. The number of aromatic hydroxyl groups is 1. The third kappa shape index (κ3) is 4.81. The van der Waals surface area contributed by atoms with E-state index < -0.39 is 6.10 Å². The second kappa shape index (κ2) is 6.43. The van der Waals surface area contributed by atoms with E-state index in [-0.39, 0.29) is 5.75 Å². The van der Waals surface area contributed by atoms with Gasteiger partial charge in [0.05, 0.1) is 12.7 Å². The minimum atomic E-state index is -0.471. The Balaban J connectivity index is 2.31. The number of benzene rings is 1. The number of phenols is 1. The molecule has 1 aromatic carbocycles. The van der Waals surface area contributed by atoms with Gasteiger partial charge in [-0.05, 0) is 24.1 Å². The van der Waals surface area contributed by atoms with Crippen molar-refractivity contribution in [1.29, 1.82) is 0 Å². The monoisotopic (exact) mass is 210 g/mol. The highest BCUT2D eigenvalue weighted by molar-refractivity contribution is 5.26. The maximum Gasteiger partial charge on any atom is 0.115 e. The number of phenolic OH excluding ortho intramolecular Hbond substituents is 1. The van der Waals surface area contributed by atoms with Crippen LogP contribution < -0.4 is 0 Å². The van der Waals surface area contributed by atoms with Crippen molar-refractivity contribution in [3.63, 3.8) is 0 Å². The minimum absolute atomic E-state index is 0.246. The Bertz CT molecular complexity index is 269. The van der Waals surface area contributed by atoms with E-state index in [1.165, 1.54) is 0 Å². The number of aliphatic hydroxyl groups is 1. The maximum absolute atomic E-state index is 9.61. The predicted molar refractivity (Wildman–Crippen MR) is 58.9 cm³/mol. The zero-order valence-electron chi connectivity index (χ0n) is 9.02. The van der Waals surface area contributed by atoms with Gasteiger partial charge in [-0.15, -0.1) is 0 Å². The summed E-state index contributed by atoms with van der Waals surface area (Å²) in [5.41, 5.74) is 1.00. The summed E-state index contributed by atoms with van der Waals surface area (Å²) in [5, 5.41) is 18.7. The third-order valence-corrected chi connectivity index (χ3v) is 2.07. The van der Waals surface area contributed by atoms with Gasteiger partial charge in [0.25, 0.3) is 0 Å². The molecule has 0 aliphatic rings. The molecule has 0 aromatic heterocycles. The summed E-state index contributed by atoms with van der Waals surface area (Å²) in [5.74, 6) is 0.246. The van der Waals surface area contributed by atoms with E-state index in [9.17, 15) is 5.11 Å². The van der Waals surface area contributed by atoms with Gasteiger partial charge < -0.3 is 14.9 Å². The first-order valence-corrected chi connectivity index (χ1v) is 5.26. The Morgan fingerprint density at radius 2 is 1.93 bits per heavy atom. The molecule has 2 N–H and O–H groups in total. The molecule has 1 rings (SSSR count). The standard InChI is InChI=1S/C12H18O3/c1-2-7-15-9-12(14)8-10-3-5-11(13)6-4-10/h3-6,12-14H,2,7-9H2,1H3. The second-order valence-corrected chi connectivity index (χ2v) is 3.60. The van der Waals surface area contributed by atoms with E-state index in [1.807, 2.05) is 6.92 Å². The molecule has 0 fully saturated rings. The van der Waals surface area contributed by atoms with Crippen LogP contribution >= 0.6 is 0 Å². The number of aliphatic hydroxyl groups excluding tert-OH is 1. The molecule has 0 amide bonds. The van der Waals surface area contributed by atoms with Gasteiger partial charge in [-0.1, -0.05) is 19.1 Å². The van der Waals surface area contributed by atoms with Crippen LogP contribution in [-0.4, -0.2) is 29.5 Å². The Morgan fingerprint density at radius 3 is 2.53 bits per heavy atom. The summed E-state index contributed by atoms with van der Waals surface area (Å²) in [4.78, 5) is 0. The zero-order valence-corrected chi connectivity index (χ0v) is 9.02. The van der Waals surface area contributed by atoms with Crippen LogP contribution in [0.3, 0.4) is 0 Å². The van der Waals surface area contributed by atoms with Crippen molar-refractivity contribution in [2.24, 2.45) is 0 Å². The van der Waals surface area contributed by atoms with Crippen molar-refractivity contribution in [1.82, 2.24) is 0 Å². The van der Waals surface area contributed by atoms with Crippen LogP contribution in [0.5, 0.6) is 5.75 Å². The Morgan fingerprint density at radius 1 is 1.27 bits per heavy atom. The van der Waals surface area contributed by atoms with Gasteiger partial charge in [0.1, 0.15) is 5.75 Å². The average Bonchev–Trinajstić information content (AvgIpc) is 2.22. The lowest BCUT2D eigenvalue weighted by molar-refractivity contribution is 0.0374. The predicted octanol–water partition coefficient (Wildman–Crippen LogP) is 1.72. The zero-order chi connectivity index (χ0) is 11.1. The molecule has 3 nitrogen and oxygen atoms in total. The summed E-state index contributed by atoms with van der Waals surface area (Å²) in [7, 11) is 0. The fourth-order valence-corrected chi connectivity index (χ4v) is 1.33. The van der Waals surface area contributed by atoms with Crippen LogP contribution in [0.1, 0.15) is 18.9 Å². The van der Waals surface area contributed by atoms with Crippen molar-refractivity contribution in [3.8, 4) is 5.75 Å². The Kier molecular flexibility index (Phi) is 5.15. The molecule has 1 unspecified atom stereocenters. The lowest BCUT2D eigenvalue weighted by Gasteiger charge is -2.10. The lowest BCUT2D eigenvalue weighted by atomic mass is 10.1. The first kappa shape index (κ1) is 12.0. The molecule has 0 bridgehead atoms. The van der Waals surface area contributed by atoms with Gasteiger partial charge in [0.15, 0.2) is 0 Å². The van der Waals surface area contributed by atoms with Crippen LogP contribution in [-0.2, 0) is 11.2 Å². The van der Waals surface area contributed by atoms with E-state index >= 15 is 0 Å². The molecule has 15 heavy (non-hydrogen) atoms. The molecule has 84 valence electrons. The highest BCUT2D eigenvalue weighted by atomic mass is 16.5. The number of rotatable bonds is 6. The average molecular weight is 210 g/mol. The summed E-state index contributed by atoms with van der Waals surface area (Å²) in [6, 6.07) is 6.85. The van der Waals surface area contributed by atoms with Crippen LogP contribution in [0, 0.1) is 0 Å². The van der Waals surface area contributed by atoms with E-state index in [1.54, 1.807) is 24.3 Å². The second-order valence-electron chi connectivity index (χ2n) is 3.60. The lowest BCUT2D eigenvalue weighted by Crippen LogP contribution is -2.18. The normalized spacial score (nSPS) is 12.7. The molecule has 1 atom stereocenters. The molecule has 0 spiro atoms. The summed E-state index contributed by atoms with van der Waals surface area (Å²) < 4.78 is 5.24. The first-order chi connectivity index (χ1) is 7.22. The van der Waals surface area contributed by atoms with Gasteiger partial charge in [0.2, 0.25) is 0 Å². The van der Waals surface area contributed by atoms with Crippen molar-refractivity contribution < 1.29 is 14.9 Å². The van der Waals surface area contributed by atoms with Gasteiger partial charge in [-0.2, -0.15) is 0 Å². The molecule has 0 heterocycles. The van der Waals surface area contributed by atoms with Gasteiger partial charge in [0, 0.05) is 13.0 Å². The highest BCUT2D eigenvalue weighted by Gasteiger charge is 2.05. The van der Waals surface area contributed by atoms with Gasteiger partial charge in [-0.3, -0.25) is 0 Å². The molecule has 0 saturated heterocycles. The van der Waals surface area contributed by atoms with E-state index in [2.05, 4.69) is 0 Å². The molecule has 0 radical (unpaired) electrons. The van der Waals surface area contributed by atoms with E-state index in [0.717, 1.165) is 12.0 Å². The molecule has 1 aromatic rings. The van der Waals surface area contributed by atoms with Gasteiger partial charge >= 0.3 is 0 Å². The van der Waals surface area contributed by atoms with E-state index in [4.69, 9.17) is 9.84 Å². The van der Waals surface area contributed by atoms with Crippen LogP contribution in [0.15, 0.2) is 24.3 Å². The van der Waals surface area contributed by atoms with Crippen molar-refractivity contribution in [3.05, 3.63) is 29.8 Å². The largest absolute Gasteiger partial charge is 0.508 e. The highest BCUT2D eigenvalue weighted by Crippen LogP contribution is 2.11. The number of hydrogen-bond acceptors (Lipinski definition) is 3. The number of ether oxygens (including phenoxy) is 1. The van der Waals surface area contributed by atoms with Crippen molar-refractivity contribution >= 4 is 0 Å². The topological polar surface area (TPSA) is 49.7 Å². The fraction of sp³-hybridized carbons (Fsp3) is 0.500. The quantitative estimate of drug-likeness (QED) is 0.703. The summed E-state index contributed by atoms with van der Waals surface area (Å²) in [6.07, 6.45) is 1.05. The molecule has 0 aliphatic carbocycles. The Hall–Kier alpha value is -1.06. The maximum atomic E-state index is 9.61. The fourth-order valence-electron chi connectivity index (χ4n) is 1.33. The van der Waals surface area contributed by atoms with Crippen molar-refractivity contribution in [2.45, 2.75) is 25.9 Å². The molecular formula is C12H18O3. The summed E-state index contributed by atoms with van der Waals surface area (Å²) >= 11 is 0. The Labute approximate surface area is 90.3 Å². The summed E-state index contributed by atoms with van der Waals surface area (Å²) in [6.45, 7) is 3.09. The first-order valence-electron chi connectivity index (χ1n) is 5.26. The van der Waals surface area contributed by atoms with Crippen LogP contribution in [0.2, 0.25) is 0 Å². The van der Waals surface area contributed by atoms with Crippen LogP contribution in [0.4, 0.5) is 0 Å². The smallest absolute Gasteiger partial charge is 0.115 e. The SMILES string of the molecule is CCCOCC(O)Cc1ccc(O)cc1. The molecular weight excluding hydrogens is 192 g/mol. The van der Waals surface area contributed by atoms with E-state index in [0.29, 0.717) is 19.6 Å². The molecule has 3 heteroatoms. The third-order valence-electron chi connectivity index (χ3n) is 2.07. The van der Waals surface area contributed by atoms with Crippen molar-refractivity contribution in [2.75, 3.05) is 13.2 Å².